The SMILES string of the molecule is CC(C)(C)NC(=O)[C@H](c1cccs1)N(C[C@@H]1CCCO1)C(=O)Cn1nnc(-c2cccs2)n1. The van der Waals surface area contributed by atoms with Crippen LogP contribution >= 0.6 is 22.7 Å². The monoisotopic (exact) mass is 488 g/mol. The summed E-state index contributed by atoms with van der Waals surface area (Å²) in [4.78, 5) is 31.5. The number of aromatic nitrogens is 4. The average molecular weight is 489 g/mol. The Morgan fingerprint density at radius 2 is 2.06 bits per heavy atom. The lowest BCUT2D eigenvalue weighted by atomic mass is 10.1. The molecular formula is C22H28N6O3S2. The number of hydrogen-bond acceptors (Lipinski definition) is 8. The van der Waals surface area contributed by atoms with Gasteiger partial charge in [0.05, 0.1) is 11.0 Å². The molecule has 0 aliphatic carbocycles. The van der Waals surface area contributed by atoms with Gasteiger partial charge in [0.15, 0.2) is 0 Å². The normalized spacial score (nSPS) is 17.1. The molecule has 9 nitrogen and oxygen atoms in total. The van der Waals surface area contributed by atoms with Crippen molar-refractivity contribution in [1.29, 1.82) is 0 Å². The van der Waals surface area contributed by atoms with Gasteiger partial charge in [0, 0.05) is 23.6 Å². The number of nitrogens with one attached hydrogen (secondary N) is 1. The summed E-state index contributed by atoms with van der Waals surface area (Å²) in [5.41, 5.74) is -0.436. The number of carbonyl (C=O) groups excluding carboxylic acids is 2. The Morgan fingerprint density at radius 3 is 2.70 bits per heavy atom. The van der Waals surface area contributed by atoms with E-state index >= 15 is 0 Å². The van der Waals surface area contributed by atoms with Crippen LogP contribution in [-0.2, 0) is 20.9 Å². The Hall–Kier alpha value is -2.63. The third-order valence-electron chi connectivity index (χ3n) is 5.09. The summed E-state index contributed by atoms with van der Waals surface area (Å²) in [6.45, 7) is 6.65. The highest BCUT2D eigenvalue weighted by Crippen LogP contribution is 2.29. The summed E-state index contributed by atoms with van der Waals surface area (Å²) >= 11 is 2.96. The van der Waals surface area contributed by atoms with Crippen LogP contribution in [0.15, 0.2) is 35.0 Å². The molecule has 11 heteroatoms. The number of hydrogen-bond donors (Lipinski definition) is 1. The summed E-state index contributed by atoms with van der Waals surface area (Å²) in [7, 11) is 0. The summed E-state index contributed by atoms with van der Waals surface area (Å²) in [6.07, 6.45) is 1.69. The topological polar surface area (TPSA) is 102 Å². The quantitative estimate of drug-likeness (QED) is 0.523. The predicted octanol–water partition coefficient (Wildman–Crippen LogP) is 3.13. The number of thiophene rings is 2. The highest BCUT2D eigenvalue weighted by molar-refractivity contribution is 7.13. The molecule has 0 bridgehead atoms. The van der Waals surface area contributed by atoms with Crippen LogP contribution in [0.4, 0.5) is 0 Å². The minimum Gasteiger partial charge on any atom is -0.376 e. The van der Waals surface area contributed by atoms with Crippen molar-refractivity contribution in [2.45, 2.75) is 57.8 Å². The Morgan fingerprint density at radius 1 is 1.27 bits per heavy atom. The largest absolute Gasteiger partial charge is 0.376 e. The van der Waals surface area contributed by atoms with Crippen LogP contribution < -0.4 is 5.32 Å². The first kappa shape index (κ1) is 23.5. The molecule has 1 N–H and O–H groups in total. The lowest BCUT2D eigenvalue weighted by Crippen LogP contribution is -2.51. The van der Waals surface area contributed by atoms with Crippen molar-refractivity contribution in [3.8, 4) is 10.7 Å². The molecule has 1 aliphatic rings. The molecule has 4 heterocycles. The minimum absolute atomic E-state index is 0.107. The number of carbonyl (C=O) groups is 2. The van der Waals surface area contributed by atoms with E-state index in [4.69, 9.17) is 4.74 Å². The van der Waals surface area contributed by atoms with Gasteiger partial charge < -0.3 is 15.0 Å². The molecule has 4 rings (SSSR count). The minimum atomic E-state index is -0.763. The second kappa shape index (κ2) is 10.1. The van der Waals surface area contributed by atoms with Crippen molar-refractivity contribution in [2.24, 2.45) is 0 Å². The molecule has 0 saturated carbocycles. The van der Waals surface area contributed by atoms with Gasteiger partial charge in [-0.2, -0.15) is 4.80 Å². The summed E-state index contributed by atoms with van der Waals surface area (Å²) < 4.78 is 5.81. The third-order valence-corrected chi connectivity index (χ3v) is 6.88. The summed E-state index contributed by atoms with van der Waals surface area (Å²) in [6, 6.07) is 6.82. The zero-order valence-corrected chi connectivity index (χ0v) is 20.6. The van der Waals surface area contributed by atoms with Gasteiger partial charge in [-0.3, -0.25) is 9.59 Å². The van der Waals surface area contributed by atoms with Gasteiger partial charge in [-0.05, 0) is 61.7 Å². The summed E-state index contributed by atoms with van der Waals surface area (Å²) in [5, 5.41) is 19.4. The van der Waals surface area contributed by atoms with E-state index in [0.717, 1.165) is 22.6 Å². The highest BCUT2D eigenvalue weighted by atomic mass is 32.1. The van der Waals surface area contributed by atoms with Gasteiger partial charge >= 0.3 is 0 Å². The van der Waals surface area contributed by atoms with Gasteiger partial charge in [-0.1, -0.05) is 12.1 Å². The maximum absolute atomic E-state index is 13.6. The maximum Gasteiger partial charge on any atom is 0.248 e. The van der Waals surface area contributed by atoms with Crippen molar-refractivity contribution in [3.05, 3.63) is 39.9 Å². The molecule has 3 aromatic heterocycles. The second-order valence-electron chi connectivity index (χ2n) is 8.96. The fraction of sp³-hybridized carbons (Fsp3) is 0.500. The third kappa shape index (κ3) is 6.04. The fourth-order valence-electron chi connectivity index (χ4n) is 3.69. The smallest absolute Gasteiger partial charge is 0.248 e. The van der Waals surface area contributed by atoms with Crippen molar-refractivity contribution in [1.82, 2.24) is 30.4 Å². The van der Waals surface area contributed by atoms with Crippen LogP contribution in [0, 0.1) is 0 Å². The number of amides is 2. The fourth-order valence-corrected chi connectivity index (χ4v) is 5.18. The Kier molecular flexibility index (Phi) is 7.20. The Balaban J connectivity index is 1.60. The molecule has 0 spiro atoms. The molecule has 2 amide bonds. The molecule has 2 atom stereocenters. The van der Waals surface area contributed by atoms with Gasteiger partial charge in [0.2, 0.25) is 17.6 Å². The van der Waals surface area contributed by atoms with Gasteiger partial charge in [-0.15, -0.1) is 32.9 Å². The van der Waals surface area contributed by atoms with E-state index in [2.05, 4.69) is 20.7 Å². The lowest BCUT2D eigenvalue weighted by molar-refractivity contribution is -0.144. The first-order valence-corrected chi connectivity index (χ1v) is 12.6. The zero-order chi connectivity index (χ0) is 23.4. The van der Waals surface area contributed by atoms with E-state index in [1.54, 1.807) is 4.90 Å². The molecule has 1 aliphatic heterocycles. The van der Waals surface area contributed by atoms with Crippen LogP contribution in [0.5, 0.6) is 0 Å². The van der Waals surface area contributed by atoms with E-state index in [1.807, 2.05) is 55.8 Å². The zero-order valence-electron chi connectivity index (χ0n) is 18.9. The van der Waals surface area contributed by atoms with Crippen molar-refractivity contribution >= 4 is 34.5 Å². The standard InChI is InChI=1S/C22H28N6O3S2/c1-22(2,3)23-21(30)19(16-8-5-11-32-16)27(13-15-7-4-10-31-15)18(29)14-28-25-20(24-26-28)17-9-6-12-33-17/h5-6,8-9,11-12,15,19H,4,7,10,13-14H2,1-3H3,(H,23,30)/t15-,19-/m0/s1. The van der Waals surface area contributed by atoms with Crippen molar-refractivity contribution < 1.29 is 14.3 Å². The first-order chi connectivity index (χ1) is 15.8. The molecule has 0 unspecified atom stereocenters. The molecule has 1 saturated heterocycles. The highest BCUT2D eigenvalue weighted by Gasteiger charge is 2.36. The van der Waals surface area contributed by atoms with Crippen LogP contribution in [-0.4, -0.2) is 61.7 Å². The van der Waals surface area contributed by atoms with E-state index in [9.17, 15) is 9.59 Å². The van der Waals surface area contributed by atoms with Crippen LogP contribution in [0.3, 0.4) is 0 Å². The predicted molar refractivity (Wildman–Crippen MR) is 127 cm³/mol. The number of tetrazole rings is 1. The second-order valence-corrected chi connectivity index (χ2v) is 10.9. The number of ether oxygens (including phenoxy) is 1. The van der Waals surface area contributed by atoms with Crippen molar-refractivity contribution in [2.75, 3.05) is 13.2 Å². The van der Waals surface area contributed by atoms with Gasteiger partial charge in [0.25, 0.3) is 0 Å². The van der Waals surface area contributed by atoms with E-state index in [1.165, 1.54) is 27.5 Å². The molecule has 0 radical (unpaired) electrons. The molecule has 0 aromatic carbocycles. The maximum atomic E-state index is 13.6. The molecule has 3 aromatic rings. The number of nitrogens with zero attached hydrogens (tertiary/aromatic N) is 5. The van der Waals surface area contributed by atoms with Gasteiger partial charge in [0.1, 0.15) is 12.6 Å². The lowest BCUT2D eigenvalue weighted by Gasteiger charge is -2.34. The van der Waals surface area contributed by atoms with Crippen LogP contribution in [0.2, 0.25) is 0 Å². The molecule has 1 fully saturated rings. The molecule has 33 heavy (non-hydrogen) atoms. The first-order valence-electron chi connectivity index (χ1n) is 10.9. The number of rotatable bonds is 8. The van der Waals surface area contributed by atoms with Crippen molar-refractivity contribution in [3.63, 3.8) is 0 Å². The summed E-state index contributed by atoms with van der Waals surface area (Å²) in [5.74, 6) is -0.00558. The van der Waals surface area contributed by atoms with Crippen LogP contribution in [0.1, 0.15) is 44.5 Å². The van der Waals surface area contributed by atoms with E-state index in [0.29, 0.717) is 19.0 Å². The Labute approximate surface area is 200 Å². The van der Waals surface area contributed by atoms with Crippen LogP contribution in [0.25, 0.3) is 10.7 Å². The molecular weight excluding hydrogens is 460 g/mol. The Bertz CT molecular complexity index is 1050. The van der Waals surface area contributed by atoms with Gasteiger partial charge in [-0.25, -0.2) is 0 Å². The average Bonchev–Trinajstić information content (AvgIpc) is 3.54. The molecule has 176 valence electrons. The van der Waals surface area contributed by atoms with E-state index < -0.39 is 11.6 Å². The van der Waals surface area contributed by atoms with E-state index in [-0.39, 0.29) is 24.5 Å².